The molecule has 2 rings (SSSR count). The molecular formula is C10H16N4O3. The van der Waals surface area contributed by atoms with Gasteiger partial charge < -0.3 is 20.5 Å². The number of nitrogens with zero attached hydrogens (tertiary/aromatic N) is 1. The number of nitrogens with one attached hydrogen (secondary N) is 2. The molecule has 2 heterocycles. The molecule has 0 saturated carbocycles. The van der Waals surface area contributed by atoms with Gasteiger partial charge in [-0.1, -0.05) is 0 Å². The summed E-state index contributed by atoms with van der Waals surface area (Å²) in [4.78, 5) is 11.8. The lowest BCUT2D eigenvalue weighted by Gasteiger charge is -2.22. The average Bonchev–Trinajstić information content (AvgIpc) is 2.69. The maximum atomic E-state index is 11.8. The van der Waals surface area contributed by atoms with Crippen molar-refractivity contribution in [3.63, 3.8) is 0 Å². The van der Waals surface area contributed by atoms with Gasteiger partial charge >= 0.3 is 0 Å². The molecule has 0 bridgehead atoms. The van der Waals surface area contributed by atoms with Gasteiger partial charge in [-0.15, -0.1) is 0 Å². The van der Waals surface area contributed by atoms with Crippen LogP contribution in [-0.4, -0.2) is 48.6 Å². The minimum atomic E-state index is -0.305. The van der Waals surface area contributed by atoms with Gasteiger partial charge in [0.15, 0.2) is 5.69 Å². The Morgan fingerprint density at radius 2 is 2.47 bits per heavy atom. The third-order valence-corrected chi connectivity index (χ3v) is 2.58. The van der Waals surface area contributed by atoms with Crippen LogP contribution in [0.4, 0.5) is 5.69 Å². The van der Waals surface area contributed by atoms with Crippen molar-refractivity contribution in [1.29, 1.82) is 0 Å². The first-order valence-electron chi connectivity index (χ1n) is 5.46. The maximum absolute atomic E-state index is 11.8. The number of aryl methyl sites for hydroxylation is 1. The minimum absolute atomic E-state index is 0.103. The van der Waals surface area contributed by atoms with Crippen LogP contribution in [0.25, 0.3) is 0 Å². The zero-order valence-corrected chi connectivity index (χ0v) is 9.66. The number of H-pyrrole nitrogens is 1. The summed E-state index contributed by atoms with van der Waals surface area (Å²) in [7, 11) is 0. The van der Waals surface area contributed by atoms with Gasteiger partial charge in [0, 0.05) is 6.54 Å². The van der Waals surface area contributed by atoms with Gasteiger partial charge in [-0.3, -0.25) is 9.89 Å². The lowest BCUT2D eigenvalue weighted by atomic mass is 10.3. The number of anilines is 1. The van der Waals surface area contributed by atoms with Crippen LogP contribution in [0.2, 0.25) is 0 Å². The van der Waals surface area contributed by atoms with E-state index < -0.39 is 0 Å². The van der Waals surface area contributed by atoms with Crippen molar-refractivity contribution in [2.75, 3.05) is 32.1 Å². The number of nitrogen functional groups attached to an aromatic ring is 1. The number of aromatic nitrogens is 2. The molecule has 1 unspecified atom stereocenters. The van der Waals surface area contributed by atoms with Gasteiger partial charge in [-0.2, -0.15) is 5.10 Å². The fourth-order valence-electron chi connectivity index (χ4n) is 1.56. The molecule has 1 aliphatic heterocycles. The average molecular weight is 240 g/mol. The Balaban J connectivity index is 1.86. The van der Waals surface area contributed by atoms with Gasteiger partial charge in [0.05, 0.1) is 37.3 Å². The summed E-state index contributed by atoms with van der Waals surface area (Å²) in [5.74, 6) is -0.305. The summed E-state index contributed by atoms with van der Waals surface area (Å²) in [6, 6.07) is 0. The summed E-state index contributed by atoms with van der Waals surface area (Å²) in [5, 5.41) is 9.23. The van der Waals surface area contributed by atoms with Crippen LogP contribution in [-0.2, 0) is 9.47 Å². The fourth-order valence-corrected chi connectivity index (χ4v) is 1.56. The van der Waals surface area contributed by atoms with Gasteiger partial charge in [0.1, 0.15) is 0 Å². The smallest absolute Gasteiger partial charge is 0.274 e. The molecule has 1 saturated heterocycles. The van der Waals surface area contributed by atoms with Crippen LogP contribution in [0.15, 0.2) is 0 Å². The molecule has 1 aromatic rings. The van der Waals surface area contributed by atoms with Gasteiger partial charge in [0.25, 0.3) is 5.91 Å². The lowest BCUT2D eigenvalue weighted by molar-refractivity contribution is -0.0855. The Bertz CT molecular complexity index is 398. The molecule has 1 aliphatic rings. The Morgan fingerprint density at radius 3 is 3.06 bits per heavy atom. The van der Waals surface area contributed by atoms with E-state index in [2.05, 4.69) is 15.5 Å². The molecule has 17 heavy (non-hydrogen) atoms. The van der Waals surface area contributed by atoms with Gasteiger partial charge in [-0.25, -0.2) is 0 Å². The molecule has 7 nitrogen and oxygen atoms in total. The Labute approximate surface area is 98.7 Å². The zero-order valence-electron chi connectivity index (χ0n) is 9.66. The number of carbonyl (C=O) groups is 1. The third-order valence-electron chi connectivity index (χ3n) is 2.58. The van der Waals surface area contributed by atoms with Crippen molar-refractivity contribution >= 4 is 11.6 Å². The second-order valence-corrected chi connectivity index (χ2v) is 3.89. The number of hydrogen-bond acceptors (Lipinski definition) is 5. The second kappa shape index (κ2) is 5.15. The van der Waals surface area contributed by atoms with Crippen LogP contribution < -0.4 is 11.1 Å². The molecule has 0 spiro atoms. The number of rotatable bonds is 3. The molecule has 0 aromatic carbocycles. The van der Waals surface area contributed by atoms with E-state index in [9.17, 15) is 4.79 Å². The van der Waals surface area contributed by atoms with Crippen molar-refractivity contribution in [2.45, 2.75) is 13.0 Å². The highest BCUT2D eigenvalue weighted by molar-refractivity contribution is 5.97. The van der Waals surface area contributed by atoms with Crippen molar-refractivity contribution < 1.29 is 14.3 Å². The highest BCUT2D eigenvalue weighted by atomic mass is 16.6. The predicted octanol–water partition coefficient (Wildman–Crippen LogP) is -0.554. The Morgan fingerprint density at radius 1 is 1.65 bits per heavy atom. The SMILES string of the molecule is Cc1[nH]nc(C(=O)NCC2COCCO2)c1N. The van der Waals surface area contributed by atoms with Crippen molar-refractivity contribution in [2.24, 2.45) is 0 Å². The van der Waals surface area contributed by atoms with E-state index in [1.807, 2.05) is 0 Å². The monoisotopic (exact) mass is 240 g/mol. The molecule has 1 fully saturated rings. The normalized spacial score (nSPS) is 20.2. The predicted molar refractivity (Wildman–Crippen MR) is 60.6 cm³/mol. The largest absolute Gasteiger partial charge is 0.395 e. The summed E-state index contributed by atoms with van der Waals surface area (Å²) in [5.41, 5.74) is 6.99. The molecular weight excluding hydrogens is 224 g/mol. The van der Waals surface area contributed by atoms with Crippen LogP contribution in [0.5, 0.6) is 0 Å². The summed E-state index contributed by atoms with van der Waals surface area (Å²) in [6.45, 7) is 3.82. The van der Waals surface area contributed by atoms with Crippen LogP contribution >= 0.6 is 0 Å². The summed E-state index contributed by atoms with van der Waals surface area (Å²) >= 11 is 0. The van der Waals surface area contributed by atoms with E-state index in [1.54, 1.807) is 6.92 Å². The van der Waals surface area contributed by atoms with Crippen molar-refractivity contribution in [3.8, 4) is 0 Å². The van der Waals surface area contributed by atoms with Crippen molar-refractivity contribution in [3.05, 3.63) is 11.4 Å². The topological polar surface area (TPSA) is 102 Å². The minimum Gasteiger partial charge on any atom is -0.395 e. The van der Waals surface area contributed by atoms with Crippen LogP contribution in [0.1, 0.15) is 16.2 Å². The van der Waals surface area contributed by atoms with E-state index in [0.717, 1.165) is 0 Å². The standard InChI is InChI=1S/C10H16N4O3/c1-6-8(11)9(14-13-6)10(15)12-4-7-5-16-2-3-17-7/h7H,2-5,11H2,1H3,(H,12,15)(H,13,14). The fraction of sp³-hybridized carbons (Fsp3) is 0.600. The first kappa shape index (κ1) is 11.9. The first-order chi connectivity index (χ1) is 8.18. The number of carbonyl (C=O) groups excluding carboxylic acids is 1. The number of aromatic amines is 1. The first-order valence-corrected chi connectivity index (χ1v) is 5.46. The summed E-state index contributed by atoms with van der Waals surface area (Å²) in [6.07, 6.45) is -0.103. The third kappa shape index (κ3) is 2.75. The molecule has 1 aromatic heterocycles. The molecule has 0 aliphatic carbocycles. The number of hydrogen-bond donors (Lipinski definition) is 3. The lowest BCUT2D eigenvalue weighted by Crippen LogP contribution is -2.40. The van der Waals surface area contributed by atoms with Crippen LogP contribution in [0.3, 0.4) is 0 Å². The number of amides is 1. The molecule has 94 valence electrons. The maximum Gasteiger partial charge on any atom is 0.274 e. The quantitative estimate of drug-likeness (QED) is 0.657. The molecule has 4 N–H and O–H groups in total. The zero-order chi connectivity index (χ0) is 12.3. The highest BCUT2D eigenvalue weighted by Crippen LogP contribution is 2.12. The summed E-state index contributed by atoms with van der Waals surface area (Å²) < 4.78 is 10.6. The molecule has 1 atom stereocenters. The second-order valence-electron chi connectivity index (χ2n) is 3.89. The highest BCUT2D eigenvalue weighted by Gasteiger charge is 2.18. The number of ether oxygens (including phenoxy) is 2. The molecule has 7 heteroatoms. The number of nitrogens with two attached hydrogens (primary N) is 1. The molecule has 0 radical (unpaired) electrons. The van der Waals surface area contributed by atoms with E-state index in [1.165, 1.54) is 0 Å². The Kier molecular flexibility index (Phi) is 3.60. The van der Waals surface area contributed by atoms with E-state index in [4.69, 9.17) is 15.2 Å². The van der Waals surface area contributed by atoms with E-state index in [0.29, 0.717) is 37.7 Å². The van der Waals surface area contributed by atoms with Gasteiger partial charge in [-0.05, 0) is 6.92 Å². The van der Waals surface area contributed by atoms with Crippen molar-refractivity contribution in [1.82, 2.24) is 15.5 Å². The van der Waals surface area contributed by atoms with Gasteiger partial charge in [0.2, 0.25) is 0 Å². The van der Waals surface area contributed by atoms with Crippen LogP contribution in [0, 0.1) is 6.92 Å². The van der Waals surface area contributed by atoms with E-state index >= 15 is 0 Å². The molecule has 1 amide bonds. The Hall–Kier alpha value is -1.60. The van der Waals surface area contributed by atoms with E-state index in [-0.39, 0.29) is 17.7 Å².